The summed E-state index contributed by atoms with van der Waals surface area (Å²) in [6.07, 6.45) is 5.41. The third-order valence-corrected chi connectivity index (χ3v) is 18.2. The van der Waals surface area contributed by atoms with Gasteiger partial charge < -0.3 is 34.6 Å². The number of hydrogen-bond acceptors (Lipinski definition) is 16. The van der Waals surface area contributed by atoms with Crippen molar-refractivity contribution < 1.29 is 63.3 Å². The first-order valence-electron chi connectivity index (χ1n) is 31.9. The molecule has 3 aliphatic carbocycles. The number of pyridine rings is 2. The van der Waals surface area contributed by atoms with Gasteiger partial charge in [-0.05, 0) is 154 Å². The van der Waals surface area contributed by atoms with Crippen molar-refractivity contribution in [2.24, 2.45) is 40.2 Å². The van der Waals surface area contributed by atoms with Crippen LogP contribution < -0.4 is 41.7 Å². The van der Waals surface area contributed by atoms with Crippen molar-refractivity contribution in [1.82, 2.24) is 41.3 Å². The number of aromatic nitrogens is 4. The molecule has 5 amide bonds. The smallest absolute Gasteiger partial charge is 0.313 e. The van der Waals surface area contributed by atoms with Crippen molar-refractivity contribution in [3.8, 4) is 17.2 Å². The highest BCUT2D eigenvalue weighted by Gasteiger charge is 2.66. The lowest BCUT2D eigenvalue weighted by molar-refractivity contribution is -0.152. The van der Waals surface area contributed by atoms with Crippen LogP contribution in [0.4, 0.5) is 0 Å². The maximum absolute atomic E-state index is 12.9. The molecule has 9 N–H and O–H groups in total. The molecule has 0 saturated heterocycles. The van der Waals surface area contributed by atoms with Gasteiger partial charge in [-0.1, -0.05) is 110 Å². The van der Waals surface area contributed by atoms with Gasteiger partial charge in [0.05, 0.1) is 51.6 Å². The Morgan fingerprint density at radius 3 is 1.66 bits per heavy atom. The van der Waals surface area contributed by atoms with Gasteiger partial charge >= 0.3 is 5.97 Å². The zero-order chi connectivity index (χ0) is 69.0. The van der Waals surface area contributed by atoms with Gasteiger partial charge in [0.2, 0.25) is 29.5 Å². The lowest BCUT2D eigenvalue weighted by Crippen LogP contribution is -2.39. The van der Waals surface area contributed by atoms with Crippen LogP contribution in [0.3, 0.4) is 0 Å². The normalized spacial score (nSPS) is 19.4. The van der Waals surface area contributed by atoms with Crippen LogP contribution in [0.25, 0.3) is 21.8 Å². The van der Waals surface area contributed by atoms with E-state index in [-0.39, 0.29) is 18.9 Å². The van der Waals surface area contributed by atoms with Crippen molar-refractivity contribution >= 4 is 68.9 Å². The standard InChI is InChI=1S/C27H31N3O4.C25H26ClN3O5.C22H21N3O4/c1-17(2)15-28-26(32)27(14-23(27)25(31)30-33)13-19-8-10-21(11-9-19)34-16-20-12-18(3)29-24-7-5-4-6-22(20)24;1-2-33-24(31)25(14-21(25)23(30)28-32)13-17-5-9-20(10-6-17)34-16-22-27-11-12-29(22)15-18-3-7-19(26)8-4-18;1-13-9-14(17-7-2-3-8-19(17)24-13)12-29-16-6-4-5-15(10-16)22(21(23)27)11-18(22)20(26)25-28/h4-12,17,23,33H,13-16H2,1-3H3,(H,28,32)(H,30,31);3-12,21,32H,2,13-16H2,1H3,(H,28,30);2-10,18,28H,11-12H2,1H3,(H2,23,27)(H,25,26)/t23-,27+;21-,25+;18-,22-/m110/s1. The second kappa shape index (κ2) is 30.6. The molecule has 6 atom stereocenters. The molecule has 3 fully saturated rings. The van der Waals surface area contributed by atoms with Crippen LogP contribution in [0.2, 0.25) is 5.02 Å². The molecule has 0 unspecified atom stereocenters. The lowest BCUT2D eigenvalue weighted by Gasteiger charge is -2.18. The van der Waals surface area contributed by atoms with Gasteiger partial charge in [0.1, 0.15) is 42.9 Å². The average molecular weight is 1340 g/mol. The molecule has 0 spiro atoms. The van der Waals surface area contributed by atoms with Gasteiger partial charge in [0.25, 0.3) is 0 Å². The molecule has 504 valence electrons. The second-order valence-corrected chi connectivity index (χ2v) is 25.6. The van der Waals surface area contributed by atoms with Gasteiger partial charge in [-0.25, -0.2) is 21.4 Å². The molecule has 12 rings (SSSR count). The van der Waals surface area contributed by atoms with E-state index in [4.69, 9.17) is 51.9 Å². The molecule has 0 bridgehead atoms. The van der Waals surface area contributed by atoms with Gasteiger partial charge in [-0.3, -0.25) is 54.4 Å². The highest BCUT2D eigenvalue weighted by molar-refractivity contribution is 6.30. The summed E-state index contributed by atoms with van der Waals surface area (Å²) in [5.41, 5.74) is 16.9. The quantitative estimate of drug-likeness (QED) is 0.0150. The van der Waals surface area contributed by atoms with E-state index in [2.05, 4.69) is 20.3 Å². The van der Waals surface area contributed by atoms with Crippen molar-refractivity contribution in [3.05, 3.63) is 226 Å². The Labute approximate surface area is 565 Å². The molecule has 23 heteroatoms. The fourth-order valence-corrected chi connectivity index (χ4v) is 12.6. The number of aryl methyl sites for hydroxylation is 2. The van der Waals surface area contributed by atoms with E-state index in [1.54, 1.807) is 53.8 Å². The monoisotopic (exact) mass is 1340 g/mol. The maximum Gasteiger partial charge on any atom is 0.313 e. The zero-order valence-electron chi connectivity index (χ0n) is 54.4. The number of hydrogen-bond donors (Lipinski definition) is 8. The summed E-state index contributed by atoms with van der Waals surface area (Å²) in [4.78, 5) is 86.8. The summed E-state index contributed by atoms with van der Waals surface area (Å²) in [7, 11) is 0. The number of hydroxylamine groups is 3. The van der Waals surface area contributed by atoms with Crippen LogP contribution in [-0.2, 0) is 78.1 Å². The van der Waals surface area contributed by atoms with E-state index < -0.39 is 63.6 Å². The third-order valence-electron chi connectivity index (χ3n) is 18.0. The van der Waals surface area contributed by atoms with Gasteiger partial charge in [0.15, 0.2) is 0 Å². The predicted molar refractivity (Wildman–Crippen MR) is 360 cm³/mol. The van der Waals surface area contributed by atoms with E-state index in [1.807, 2.05) is 172 Å². The Kier molecular flexibility index (Phi) is 22.0. The topological polar surface area (TPSA) is 318 Å². The van der Waals surface area contributed by atoms with Gasteiger partial charge in [-0.2, -0.15) is 0 Å². The lowest BCUT2D eigenvalue weighted by atomic mass is 9.92. The Morgan fingerprint density at radius 1 is 0.608 bits per heavy atom. The maximum atomic E-state index is 12.9. The summed E-state index contributed by atoms with van der Waals surface area (Å²) in [5.74, 6) is -1.64. The molecule has 22 nitrogen and oxygen atoms in total. The highest BCUT2D eigenvalue weighted by atomic mass is 35.5. The van der Waals surface area contributed by atoms with E-state index >= 15 is 0 Å². The number of amides is 5. The number of benzene rings is 6. The summed E-state index contributed by atoms with van der Waals surface area (Å²) < 4.78 is 25.2. The number of nitrogens with one attached hydrogen (secondary N) is 4. The number of primary amides is 1. The molecular formula is C74H78ClN9O13. The highest BCUT2D eigenvalue weighted by Crippen LogP contribution is 2.57. The molecule has 3 aromatic heterocycles. The zero-order valence-corrected chi connectivity index (χ0v) is 55.2. The number of esters is 1. The van der Waals surface area contributed by atoms with Crippen molar-refractivity contribution in [2.45, 2.75) is 98.5 Å². The molecule has 97 heavy (non-hydrogen) atoms. The van der Waals surface area contributed by atoms with E-state index in [0.717, 1.165) is 72.6 Å². The Bertz CT molecular complexity index is 4320. The molecular weight excluding hydrogens is 1260 g/mol. The molecule has 3 saturated carbocycles. The molecule has 0 aliphatic heterocycles. The van der Waals surface area contributed by atoms with Gasteiger partial charge in [-0.15, -0.1) is 0 Å². The van der Waals surface area contributed by atoms with Crippen LogP contribution in [0, 0.1) is 48.3 Å². The number of para-hydroxylation sites is 2. The number of rotatable bonds is 25. The van der Waals surface area contributed by atoms with Crippen LogP contribution in [0.15, 0.2) is 170 Å². The van der Waals surface area contributed by atoms with Gasteiger partial charge in [0, 0.05) is 63.8 Å². The summed E-state index contributed by atoms with van der Waals surface area (Å²) in [5, 5.41) is 32.7. The largest absolute Gasteiger partial charge is 0.489 e. The first-order chi connectivity index (χ1) is 46.7. The molecule has 3 heterocycles. The van der Waals surface area contributed by atoms with E-state index in [0.29, 0.717) is 86.6 Å². The van der Waals surface area contributed by atoms with Crippen molar-refractivity contribution in [2.75, 3.05) is 13.2 Å². The van der Waals surface area contributed by atoms with Crippen LogP contribution in [0.5, 0.6) is 17.2 Å². The van der Waals surface area contributed by atoms with Crippen LogP contribution in [0.1, 0.15) is 90.6 Å². The average Bonchev–Trinajstić information content (AvgIpc) is 1.57. The minimum atomic E-state index is -1.12. The number of carbonyl (C=O) groups is 6. The Hall–Kier alpha value is -10.3. The first kappa shape index (κ1) is 69.6. The number of nitrogens with zero attached hydrogens (tertiary/aromatic N) is 4. The molecule has 3 aliphatic rings. The van der Waals surface area contributed by atoms with Crippen LogP contribution >= 0.6 is 11.6 Å². The fourth-order valence-electron chi connectivity index (χ4n) is 12.5. The number of imidazole rings is 1. The minimum Gasteiger partial charge on any atom is -0.489 e. The molecule has 9 aromatic rings. The summed E-state index contributed by atoms with van der Waals surface area (Å²) in [6.45, 7) is 12.2. The minimum absolute atomic E-state index is 0.143. The van der Waals surface area contributed by atoms with E-state index in [9.17, 15) is 28.8 Å². The number of nitrogens with two attached hydrogens (primary N) is 1. The van der Waals surface area contributed by atoms with E-state index in [1.165, 1.54) is 0 Å². The van der Waals surface area contributed by atoms with Crippen molar-refractivity contribution in [3.63, 3.8) is 0 Å². The SMILES string of the molecule is CCOC(=O)[C@@]1(Cc2ccc(OCc3nccn3Cc3ccc(Cl)cc3)cc2)C[C@@H]1C(=O)NO.Cc1cc(COc2ccc(C[C@]3(C(=O)NCC(C)C)C[C@@H]3C(=O)NO)cc2)c2ccccc2n1.Cc1cc(COc2cccc([C@@]3(C(N)=O)C[C@H]3C(=O)NO)c2)c2ccccc2n1. The first-order valence-corrected chi connectivity index (χ1v) is 32.3. The number of fused-ring (bicyclic) bond motifs is 2. The molecule has 6 aromatic carbocycles. The second-order valence-electron chi connectivity index (χ2n) is 25.2. The molecule has 0 radical (unpaired) electrons. The third kappa shape index (κ3) is 16.4. The van der Waals surface area contributed by atoms with Crippen molar-refractivity contribution in [1.29, 1.82) is 0 Å². The number of halogens is 1. The number of ether oxygens (including phenoxy) is 4. The Balaban J connectivity index is 0.000000159. The number of carbonyl (C=O) groups excluding carboxylic acids is 6. The summed E-state index contributed by atoms with van der Waals surface area (Å²) >= 11 is 5.96. The summed E-state index contributed by atoms with van der Waals surface area (Å²) in [6, 6.07) is 49.6. The predicted octanol–water partition coefficient (Wildman–Crippen LogP) is 10.1. The Morgan fingerprint density at radius 2 is 1.11 bits per heavy atom. The fraction of sp³-hybridized carbons (Fsp3) is 0.311. The van der Waals surface area contributed by atoms with Crippen LogP contribution in [-0.4, -0.2) is 83.8 Å².